The van der Waals surface area contributed by atoms with Gasteiger partial charge in [-0.15, -0.1) is 10.2 Å². The Hall–Kier alpha value is -2.75. The molecular formula is C19H24N6O3S. The molecule has 0 unspecified atom stereocenters. The summed E-state index contributed by atoms with van der Waals surface area (Å²) < 4.78 is 0. The van der Waals surface area contributed by atoms with Crippen LogP contribution in [0.25, 0.3) is 0 Å². The van der Waals surface area contributed by atoms with Crippen molar-refractivity contribution >= 4 is 28.3 Å². The van der Waals surface area contributed by atoms with Crippen LogP contribution in [0.15, 0.2) is 23.1 Å². The van der Waals surface area contributed by atoms with Gasteiger partial charge in [-0.25, -0.2) is 0 Å². The second-order valence-corrected chi connectivity index (χ2v) is 8.80. The topological polar surface area (TPSA) is 125 Å². The minimum absolute atomic E-state index is 0.0482. The number of likely N-dealkylation sites (tertiary alicyclic amines) is 2. The molecule has 2 aliphatic heterocycles. The van der Waals surface area contributed by atoms with Crippen molar-refractivity contribution in [2.24, 2.45) is 0 Å². The van der Waals surface area contributed by atoms with E-state index in [2.05, 4.69) is 15.2 Å². The lowest BCUT2D eigenvalue weighted by Gasteiger charge is -2.45. The number of anilines is 1. The van der Waals surface area contributed by atoms with E-state index in [9.17, 15) is 14.4 Å². The number of pyridine rings is 1. The van der Waals surface area contributed by atoms with Gasteiger partial charge < -0.3 is 20.5 Å². The zero-order chi connectivity index (χ0) is 20.4. The fourth-order valence-electron chi connectivity index (χ4n) is 4.42. The van der Waals surface area contributed by atoms with Crippen LogP contribution >= 0.6 is 11.3 Å². The molecule has 0 saturated carbocycles. The van der Waals surface area contributed by atoms with Crippen molar-refractivity contribution in [2.45, 2.75) is 44.1 Å². The van der Waals surface area contributed by atoms with Crippen molar-refractivity contribution in [1.82, 2.24) is 25.0 Å². The van der Waals surface area contributed by atoms with Gasteiger partial charge in [0.25, 0.3) is 0 Å². The number of aromatic amines is 1. The Kier molecular flexibility index (Phi) is 5.35. The Labute approximate surface area is 171 Å². The van der Waals surface area contributed by atoms with Gasteiger partial charge in [0.1, 0.15) is 5.01 Å². The van der Waals surface area contributed by atoms with Crippen LogP contribution in [-0.2, 0) is 22.4 Å². The van der Waals surface area contributed by atoms with Gasteiger partial charge in [0, 0.05) is 37.4 Å². The third-order valence-electron chi connectivity index (χ3n) is 5.93. The first-order chi connectivity index (χ1) is 13.9. The largest absolute Gasteiger partial charge is 0.374 e. The molecule has 4 rings (SSSR count). The number of hydrogen-bond acceptors (Lipinski definition) is 7. The van der Waals surface area contributed by atoms with E-state index in [0.717, 1.165) is 37.8 Å². The van der Waals surface area contributed by atoms with Crippen molar-refractivity contribution in [3.05, 3.63) is 39.3 Å². The van der Waals surface area contributed by atoms with Crippen LogP contribution < -0.4 is 11.3 Å². The SMILES string of the molecule is Nc1nnc(CC(=O)N2CCCC23CCN(C(=O)Cc2ccc(=O)[nH]c2)CC3)s1. The predicted molar refractivity (Wildman–Crippen MR) is 108 cm³/mol. The predicted octanol–water partition coefficient (Wildman–Crippen LogP) is 0.577. The standard InChI is InChI=1S/C19H24N6O3S/c20-18-23-22-15(29-18)11-17(28)25-7-1-4-19(25)5-8-24(9-6-19)16(27)10-13-2-3-14(26)21-12-13/h2-3,12H,1,4-11H2,(H2,20,23)(H,21,26). The lowest BCUT2D eigenvalue weighted by Crippen LogP contribution is -2.55. The summed E-state index contributed by atoms with van der Waals surface area (Å²) in [6, 6.07) is 3.11. The molecule has 9 nitrogen and oxygen atoms in total. The Bertz CT molecular complexity index is 942. The molecule has 2 aromatic heterocycles. The fraction of sp³-hybridized carbons (Fsp3) is 0.526. The zero-order valence-electron chi connectivity index (χ0n) is 16.1. The summed E-state index contributed by atoms with van der Waals surface area (Å²) in [6.45, 7) is 2.02. The van der Waals surface area contributed by atoms with Crippen LogP contribution in [0.4, 0.5) is 5.13 Å². The number of carbonyl (C=O) groups is 2. The summed E-state index contributed by atoms with van der Waals surface area (Å²) in [5.74, 6) is 0.110. The monoisotopic (exact) mass is 416 g/mol. The maximum absolute atomic E-state index is 12.9. The van der Waals surface area contributed by atoms with Gasteiger partial charge in [-0.2, -0.15) is 0 Å². The van der Waals surface area contributed by atoms with Gasteiger partial charge in [-0.05, 0) is 31.2 Å². The number of rotatable bonds is 4. The molecule has 0 bridgehead atoms. The first-order valence-corrected chi connectivity index (χ1v) is 10.6. The number of amides is 2. The van der Waals surface area contributed by atoms with Crippen molar-refractivity contribution in [3.63, 3.8) is 0 Å². The lowest BCUT2D eigenvalue weighted by molar-refractivity contribution is -0.139. The molecule has 2 fully saturated rings. The number of nitrogens with two attached hydrogens (primary N) is 1. The lowest BCUT2D eigenvalue weighted by atomic mass is 9.84. The summed E-state index contributed by atoms with van der Waals surface area (Å²) in [6.07, 6.45) is 5.61. The molecule has 2 aromatic rings. The molecule has 0 aliphatic carbocycles. The maximum Gasteiger partial charge on any atom is 0.247 e. The second-order valence-electron chi connectivity index (χ2n) is 7.70. The molecule has 0 atom stereocenters. The molecule has 154 valence electrons. The summed E-state index contributed by atoms with van der Waals surface area (Å²) in [7, 11) is 0. The van der Waals surface area contributed by atoms with Crippen LogP contribution in [0.2, 0.25) is 0 Å². The average Bonchev–Trinajstić information content (AvgIpc) is 3.30. The Morgan fingerprint density at radius 3 is 2.55 bits per heavy atom. The van der Waals surface area contributed by atoms with E-state index >= 15 is 0 Å². The van der Waals surface area contributed by atoms with Gasteiger partial charge in [-0.3, -0.25) is 14.4 Å². The van der Waals surface area contributed by atoms with Gasteiger partial charge in [0.05, 0.1) is 12.8 Å². The summed E-state index contributed by atoms with van der Waals surface area (Å²) in [4.78, 5) is 43.2. The van der Waals surface area contributed by atoms with E-state index in [1.165, 1.54) is 17.4 Å². The molecule has 2 saturated heterocycles. The smallest absolute Gasteiger partial charge is 0.247 e. The fourth-order valence-corrected chi connectivity index (χ4v) is 5.02. The number of aromatic nitrogens is 3. The Balaban J connectivity index is 1.36. The van der Waals surface area contributed by atoms with Gasteiger partial charge in [-0.1, -0.05) is 17.4 Å². The van der Waals surface area contributed by atoms with Crippen LogP contribution in [0.5, 0.6) is 0 Å². The number of nitrogens with one attached hydrogen (secondary N) is 1. The normalized spacial score (nSPS) is 18.3. The molecule has 0 aromatic carbocycles. The first kappa shape index (κ1) is 19.6. The maximum atomic E-state index is 12.9. The number of nitrogen functional groups attached to an aromatic ring is 1. The highest BCUT2D eigenvalue weighted by molar-refractivity contribution is 7.15. The summed E-state index contributed by atoms with van der Waals surface area (Å²) >= 11 is 1.25. The molecule has 0 radical (unpaired) electrons. The third kappa shape index (κ3) is 4.16. The Morgan fingerprint density at radius 2 is 1.90 bits per heavy atom. The van der Waals surface area contributed by atoms with Gasteiger partial charge in [0.2, 0.25) is 22.5 Å². The highest BCUT2D eigenvalue weighted by Crippen LogP contribution is 2.39. The molecule has 2 amide bonds. The summed E-state index contributed by atoms with van der Waals surface area (Å²) in [5, 5.41) is 8.76. The third-order valence-corrected chi connectivity index (χ3v) is 6.69. The molecule has 2 aliphatic rings. The molecule has 10 heteroatoms. The van der Waals surface area contributed by atoms with Gasteiger partial charge in [0.15, 0.2) is 0 Å². The van der Waals surface area contributed by atoms with Crippen molar-refractivity contribution in [2.75, 3.05) is 25.4 Å². The quantitative estimate of drug-likeness (QED) is 0.751. The highest BCUT2D eigenvalue weighted by Gasteiger charge is 2.45. The molecule has 1 spiro atoms. The zero-order valence-corrected chi connectivity index (χ0v) is 16.9. The van der Waals surface area contributed by atoms with Crippen molar-refractivity contribution < 1.29 is 9.59 Å². The average molecular weight is 417 g/mol. The van der Waals surface area contributed by atoms with E-state index in [1.807, 2.05) is 9.80 Å². The molecular weight excluding hydrogens is 392 g/mol. The number of piperidine rings is 1. The first-order valence-electron chi connectivity index (χ1n) is 9.79. The van der Waals surface area contributed by atoms with E-state index in [1.54, 1.807) is 12.3 Å². The van der Waals surface area contributed by atoms with Crippen LogP contribution in [-0.4, -0.2) is 62.0 Å². The number of nitrogens with zero attached hydrogens (tertiary/aromatic N) is 4. The van der Waals surface area contributed by atoms with E-state index in [0.29, 0.717) is 23.2 Å². The minimum atomic E-state index is -0.177. The second kappa shape index (κ2) is 7.94. The van der Waals surface area contributed by atoms with Crippen molar-refractivity contribution in [3.8, 4) is 0 Å². The van der Waals surface area contributed by atoms with E-state index < -0.39 is 0 Å². The van der Waals surface area contributed by atoms with Gasteiger partial charge >= 0.3 is 0 Å². The number of hydrogen-bond donors (Lipinski definition) is 2. The molecule has 29 heavy (non-hydrogen) atoms. The van der Waals surface area contributed by atoms with Crippen molar-refractivity contribution in [1.29, 1.82) is 0 Å². The van der Waals surface area contributed by atoms with Crippen LogP contribution in [0.1, 0.15) is 36.3 Å². The molecule has 3 N–H and O–H groups in total. The highest BCUT2D eigenvalue weighted by atomic mass is 32.1. The minimum Gasteiger partial charge on any atom is -0.374 e. The number of carbonyl (C=O) groups excluding carboxylic acids is 2. The Morgan fingerprint density at radius 1 is 1.10 bits per heavy atom. The van der Waals surface area contributed by atoms with Crippen LogP contribution in [0, 0.1) is 0 Å². The summed E-state index contributed by atoms with van der Waals surface area (Å²) in [5.41, 5.74) is 6.07. The van der Waals surface area contributed by atoms with E-state index in [-0.39, 0.29) is 35.8 Å². The van der Waals surface area contributed by atoms with Crippen LogP contribution in [0.3, 0.4) is 0 Å². The molecule has 4 heterocycles. The number of H-pyrrole nitrogens is 1. The van der Waals surface area contributed by atoms with E-state index in [4.69, 9.17) is 5.73 Å².